The van der Waals surface area contributed by atoms with Crippen LogP contribution in [-0.4, -0.2) is 28.3 Å². The molecule has 0 atom stereocenters. The average molecular weight is 391 g/mol. The Bertz CT molecular complexity index is 872. The van der Waals surface area contributed by atoms with Gasteiger partial charge in [0, 0.05) is 10.4 Å². The zero-order valence-corrected chi connectivity index (χ0v) is 15.9. The van der Waals surface area contributed by atoms with Crippen LogP contribution in [0.25, 0.3) is 6.08 Å². The number of rotatable bonds is 4. The smallest absolute Gasteiger partial charge is 0.285 e. The minimum Gasteiger partial charge on any atom is -0.497 e. The van der Waals surface area contributed by atoms with Crippen LogP contribution in [-0.2, 0) is 4.79 Å². The van der Waals surface area contributed by atoms with Gasteiger partial charge in [-0.25, -0.2) is 0 Å². The first kappa shape index (κ1) is 17.7. The maximum atomic E-state index is 12.5. The van der Waals surface area contributed by atoms with Gasteiger partial charge >= 0.3 is 0 Å². The summed E-state index contributed by atoms with van der Waals surface area (Å²) < 4.78 is 5.36. The SMILES string of the molecule is COc1ccc(C(=O)NN2C(=O)C(=Cc3sccc3C)SC2=S)cc1. The number of hydrogen-bond donors (Lipinski definition) is 1. The molecule has 0 bridgehead atoms. The summed E-state index contributed by atoms with van der Waals surface area (Å²) >= 11 is 7.95. The average Bonchev–Trinajstić information content (AvgIpc) is 3.13. The van der Waals surface area contributed by atoms with Gasteiger partial charge in [-0.15, -0.1) is 11.3 Å². The predicted octanol–water partition coefficient (Wildman–Crippen LogP) is 3.61. The molecule has 1 saturated heterocycles. The Labute approximate surface area is 158 Å². The van der Waals surface area contributed by atoms with Crippen LogP contribution in [0.2, 0.25) is 0 Å². The van der Waals surface area contributed by atoms with E-state index in [1.54, 1.807) is 48.8 Å². The van der Waals surface area contributed by atoms with Gasteiger partial charge in [0.1, 0.15) is 5.75 Å². The van der Waals surface area contributed by atoms with Crippen molar-refractivity contribution in [1.82, 2.24) is 10.4 Å². The van der Waals surface area contributed by atoms with E-state index in [0.29, 0.717) is 20.5 Å². The van der Waals surface area contributed by atoms with Gasteiger partial charge in [-0.3, -0.25) is 15.0 Å². The van der Waals surface area contributed by atoms with Gasteiger partial charge in [-0.2, -0.15) is 5.01 Å². The van der Waals surface area contributed by atoms with E-state index >= 15 is 0 Å². The van der Waals surface area contributed by atoms with Gasteiger partial charge in [0.2, 0.25) is 0 Å². The number of aryl methyl sites for hydroxylation is 1. The normalized spacial score (nSPS) is 15.8. The lowest BCUT2D eigenvalue weighted by molar-refractivity contribution is -0.123. The molecule has 1 aliphatic rings. The Morgan fingerprint density at radius 2 is 2.00 bits per heavy atom. The summed E-state index contributed by atoms with van der Waals surface area (Å²) in [5, 5.41) is 3.08. The minimum atomic E-state index is -0.410. The second kappa shape index (κ2) is 7.38. The Balaban J connectivity index is 1.75. The molecule has 1 aliphatic heterocycles. The number of nitrogens with one attached hydrogen (secondary N) is 1. The van der Waals surface area contributed by atoms with E-state index in [9.17, 15) is 9.59 Å². The standard InChI is InChI=1S/C17H14N2O3S3/c1-10-7-8-24-13(10)9-14-16(21)19(17(23)25-14)18-15(20)11-3-5-12(22-2)6-4-11/h3-9H,1-2H3,(H,18,20). The van der Waals surface area contributed by atoms with E-state index in [1.165, 1.54) is 11.8 Å². The molecule has 0 spiro atoms. The monoisotopic (exact) mass is 390 g/mol. The summed E-state index contributed by atoms with van der Waals surface area (Å²) in [5.74, 6) is -0.0893. The number of carbonyl (C=O) groups is 2. The highest BCUT2D eigenvalue weighted by Gasteiger charge is 2.34. The number of hydrogen-bond acceptors (Lipinski definition) is 6. The lowest BCUT2D eigenvalue weighted by Gasteiger charge is -2.15. The third-order valence-corrected chi connectivity index (χ3v) is 5.79. The highest BCUT2D eigenvalue weighted by Crippen LogP contribution is 2.33. The molecule has 25 heavy (non-hydrogen) atoms. The van der Waals surface area contributed by atoms with Crippen LogP contribution >= 0.6 is 35.3 Å². The van der Waals surface area contributed by atoms with Gasteiger partial charge in [0.25, 0.3) is 11.8 Å². The molecule has 2 heterocycles. The van der Waals surface area contributed by atoms with Crippen molar-refractivity contribution in [1.29, 1.82) is 0 Å². The molecule has 1 N–H and O–H groups in total. The summed E-state index contributed by atoms with van der Waals surface area (Å²) in [6.07, 6.45) is 1.80. The Hall–Kier alpha value is -2.16. The maximum absolute atomic E-state index is 12.5. The third kappa shape index (κ3) is 3.76. The van der Waals surface area contributed by atoms with Gasteiger partial charge < -0.3 is 4.74 Å². The predicted molar refractivity (Wildman–Crippen MR) is 105 cm³/mol. The summed E-state index contributed by atoms with van der Waals surface area (Å²) in [6.45, 7) is 1.98. The molecule has 2 aromatic rings. The van der Waals surface area contributed by atoms with E-state index < -0.39 is 5.91 Å². The molecular formula is C17H14N2O3S3. The third-order valence-electron chi connectivity index (χ3n) is 3.52. The summed E-state index contributed by atoms with van der Waals surface area (Å²) in [6, 6.07) is 8.59. The summed E-state index contributed by atoms with van der Waals surface area (Å²) in [4.78, 5) is 26.4. The number of amides is 2. The molecule has 2 amide bonds. The maximum Gasteiger partial charge on any atom is 0.285 e. The molecule has 0 saturated carbocycles. The summed E-state index contributed by atoms with van der Waals surface area (Å²) in [7, 11) is 1.55. The second-order valence-corrected chi connectivity index (χ2v) is 7.78. The number of benzene rings is 1. The number of hydrazine groups is 1. The molecule has 1 aromatic heterocycles. The van der Waals surface area contributed by atoms with Crippen molar-refractivity contribution in [2.24, 2.45) is 0 Å². The number of thiophene rings is 1. The van der Waals surface area contributed by atoms with Gasteiger partial charge in [-0.05, 0) is 66.5 Å². The van der Waals surface area contributed by atoms with Gasteiger partial charge in [0.05, 0.1) is 12.0 Å². The number of carbonyl (C=O) groups excluding carboxylic acids is 2. The van der Waals surface area contributed by atoms with Crippen LogP contribution in [0.5, 0.6) is 5.75 Å². The van der Waals surface area contributed by atoms with Crippen molar-refractivity contribution >= 4 is 57.5 Å². The number of ether oxygens (including phenoxy) is 1. The van der Waals surface area contributed by atoms with Crippen molar-refractivity contribution < 1.29 is 14.3 Å². The molecule has 0 radical (unpaired) electrons. The van der Waals surface area contributed by atoms with Gasteiger partial charge in [-0.1, -0.05) is 11.8 Å². The van der Waals surface area contributed by atoms with Crippen LogP contribution in [0.3, 0.4) is 0 Å². The minimum absolute atomic E-state index is 0.298. The number of thiocarbonyl (C=S) groups is 1. The van der Waals surface area contributed by atoms with Crippen LogP contribution in [0.1, 0.15) is 20.8 Å². The van der Waals surface area contributed by atoms with E-state index in [-0.39, 0.29) is 5.91 Å². The number of nitrogens with zero attached hydrogens (tertiary/aromatic N) is 1. The molecule has 0 unspecified atom stereocenters. The Morgan fingerprint density at radius 1 is 1.28 bits per heavy atom. The largest absolute Gasteiger partial charge is 0.497 e. The fraction of sp³-hybridized carbons (Fsp3) is 0.118. The van der Waals surface area contributed by atoms with Crippen LogP contribution in [0, 0.1) is 6.92 Å². The number of methoxy groups -OCH3 is 1. The zero-order chi connectivity index (χ0) is 18.0. The lowest BCUT2D eigenvalue weighted by atomic mass is 10.2. The number of thioether (sulfide) groups is 1. The highest BCUT2D eigenvalue weighted by molar-refractivity contribution is 8.26. The Morgan fingerprint density at radius 3 is 2.60 bits per heavy atom. The highest BCUT2D eigenvalue weighted by atomic mass is 32.2. The molecule has 8 heteroatoms. The van der Waals surface area contributed by atoms with E-state index in [2.05, 4.69) is 5.43 Å². The van der Waals surface area contributed by atoms with Crippen molar-refractivity contribution in [3.8, 4) is 5.75 Å². The first-order valence-electron chi connectivity index (χ1n) is 7.26. The molecule has 3 rings (SSSR count). The van der Waals surface area contributed by atoms with E-state index in [1.807, 2.05) is 18.4 Å². The molecule has 0 aliphatic carbocycles. The molecule has 128 valence electrons. The fourth-order valence-corrected chi connectivity index (χ4v) is 4.22. The van der Waals surface area contributed by atoms with Gasteiger partial charge in [0.15, 0.2) is 4.32 Å². The van der Waals surface area contributed by atoms with Crippen LogP contribution < -0.4 is 10.2 Å². The molecule has 1 fully saturated rings. The molecular weight excluding hydrogens is 376 g/mol. The summed E-state index contributed by atoms with van der Waals surface area (Å²) in [5.41, 5.74) is 4.07. The van der Waals surface area contributed by atoms with Crippen molar-refractivity contribution in [3.63, 3.8) is 0 Å². The van der Waals surface area contributed by atoms with Crippen LogP contribution in [0.4, 0.5) is 0 Å². The van der Waals surface area contributed by atoms with Crippen molar-refractivity contribution in [2.45, 2.75) is 6.92 Å². The van der Waals surface area contributed by atoms with Crippen molar-refractivity contribution in [2.75, 3.05) is 7.11 Å². The van der Waals surface area contributed by atoms with Crippen LogP contribution in [0.15, 0.2) is 40.6 Å². The molecule has 5 nitrogen and oxygen atoms in total. The van der Waals surface area contributed by atoms with E-state index in [0.717, 1.165) is 15.4 Å². The second-order valence-electron chi connectivity index (χ2n) is 5.15. The topological polar surface area (TPSA) is 58.6 Å². The lowest BCUT2D eigenvalue weighted by Crippen LogP contribution is -2.44. The first-order chi connectivity index (χ1) is 12.0. The van der Waals surface area contributed by atoms with E-state index in [4.69, 9.17) is 17.0 Å². The Kier molecular flexibility index (Phi) is 5.22. The zero-order valence-electron chi connectivity index (χ0n) is 13.4. The quantitative estimate of drug-likeness (QED) is 0.638. The van der Waals surface area contributed by atoms with Crippen molar-refractivity contribution in [3.05, 3.63) is 56.6 Å². The molecule has 1 aromatic carbocycles. The first-order valence-corrected chi connectivity index (χ1v) is 9.37. The fourth-order valence-electron chi connectivity index (χ4n) is 2.12.